The van der Waals surface area contributed by atoms with E-state index in [0.29, 0.717) is 72.3 Å². The summed E-state index contributed by atoms with van der Waals surface area (Å²) in [4.78, 5) is 38.1. The lowest BCUT2D eigenvalue weighted by Gasteiger charge is -2.36. The first-order chi connectivity index (χ1) is 28.2. The van der Waals surface area contributed by atoms with Crippen molar-refractivity contribution in [3.63, 3.8) is 0 Å². The van der Waals surface area contributed by atoms with Crippen molar-refractivity contribution >= 4 is 34.4 Å². The zero-order valence-corrected chi connectivity index (χ0v) is 35.1. The summed E-state index contributed by atoms with van der Waals surface area (Å²) in [5.74, 6) is 3.19. The number of methoxy groups -OCH3 is 2. The number of carbonyl (C=O) groups is 2. The first kappa shape index (κ1) is 42.5. The molecule has 3 aromatic carbocycles. The van der Waals surface area contributed by atoms with Gasteiger partial charge in [-0.1, -0.05) is 34.1 Å². The number of likely N-dealkylation sites (tertiary alicyclic amines) is 1. The average Bonchev–Trinajstić information content (AvgIpc) is 3.75. The molecule has 1 saturated heterocycles. The van der Waals surface area contributed by atoms with Crippen molar-refractivity contribution < 1.29 is 28.5 Å². The van der Waals surface area contributed by atoms with Gasteiger partial charge < -0.3 is 24.7 Å². The Labute approximate surface area is 343 Å². The summed E-state index contributed by atoms with van der Waals surface area (Å²) in [5.41, 5.74) is 10.1. The maximum absolute atomic E-state index is 13.2. The standard InChI is InChI=1S/C48H60N4O6/c1-8-31(5)52-24-10-11-44(52)48(37-21-23-51-43-16-13-34(56-7)26-39(37)43)58-47-19-18-46(40(28-53)41(47)29-54)57-45(17-14-35(30(3)4)32(9-2)27-49)36-20-22-50-42-15-12-33(55-6)25-38(36)42/h12-13,15-16,18-23,25-26,28-32,35,44-45,48H,8-11,14,17,24,27,49H2,1-7H3/t31?,32?,35?,44-,45?,48+/m0/s1. The first-order valence-electron chi connectivity index (χ1n) is 20.9. The fourth-order valence-corrected chi connectivity index (χ4v) is 9.06. The largest absolute Gasteiger partial charge is 0.497 e. The number of nitrogens with zero attached hydrogens (tertiary/aromatic N) is 3. The van der Waals surface area contributed by atoms with Gasteiger partial charge in [-0.2, -0.15) is 0 Å². The third-order valence-corrected chi connectivity index (χ3v) is 12.5. The van der Waals surface area contributed by atoms with Gasteiger partial charge in [0.2, 0.25) is 0 Å². The van der Waals surface area contributed by atoms with Crippen molar-refractivity contribution in [1.29, 1.82) is 0 Å². The van der Waals surface area contributed by atoms with E-state index < -0.39 is 12.2 Å². The third kappa shape index (κ3) is 8.98. The second-order valence-corrected chi connectivity index (χ2v) is 15.9. The van der Waals surface area contributed by atoms with Crippen molar-refractivity contribution in [2.45, 2.75) is 97.4 Å². The van der Waals surface area contributed by atoms with Crippen molar-refractivity contribution in [3.8, 4) is 23.0 Å². The van der Waals surface area contributed by atoms with Gasteiger partial charge in [-0.05, 0) is 131 Å². The molecule has 0 radical (unpaired) electrons. The molecule has 1 aliphatic heterocycles. The van der Waals surface area contributed by atoms with Gasteiger partial charge in [-0.25, -0.2) is 0 Å². The van der Waals surface area contributed by atoms with E-state index in [1.54, 1.807) is 38.7 Å². The molecule has 1 fully saturated rings. The number of benzene rings is 3. The lowest BCUT2D eigenvalue weighted by molar-refractivity contribution is 0.0686. The fourth-order valence-electron chi connectivity index (χ4n) is 9.06. The van der Waals surface area contributed by atoms with Gasteiger partial charge in [-0.15, -0.1) is 0 Å². The van der Waals surface area contributed by atoms with Crippen LogP contribution < -0.4 is 24.7 Å². The van der Waals surface area contributed by atoms with E-state index in [1.165, 1.54) is 0 Å². The van der Waals surface area contributed by atoms with Gasteiger partial charge in [0.1, 0.15) is 35.2 Å². The molecule has 4 unspecified atom stereocenters. The number of pyridine rings is 2. The highest BCUT2D eigenvalue weighted by molar-refractivity contribution is 5.96. The molecule has 2 aromatic heterocycles. The van der Waals surface area contributed by atoms with Gasteiger partial charge in [0.15, 0.2) is 12.6 Å². The Hall–Kier alpha value is -5.06. The molecular formula is C48H60N4O6. The van der Waals surface area contributed by atoms with Crippen LogP contribution in [0.4, 0.5) is 0 Å². The topological polar surface area (TPSA) is 126 Å². The minimum atomic E-state index is -0.480. The summed E-state index contributed by atoms with van der Waals surface area (Å²) in [6.45, 7) is 12.7. The van der Waals surface area contributed by atoms with Crippen molar-refractivity contribution in [3.05, 3.63) is 95.3 Å². The van der Waals surface area contributed by atoms with E-state index in [9.17, 15) is 9.59 Å². The Morgan fingerprint density at radius 1 is 0.776 bits per heavy atom. The normalized spacial score (nSPS) is 17.2. The van der Waals surface area contributed by atoms with Crippen molar-refractivity contribution in [1.82, 2.24) is 14.9 Å². The molecule has 0 aliphatic carbocycles. The quantitative estimate of drug-likeness (QED) is 0.0762. The molecule has 10 heteroatoms. The van der Waals surface area contributed by atoms with E-state index in [2.05, 4.69) is 49.5 Å². The lowest BCUT2D eigenvalue weighted by Crippen LogP contribution is -2.42. The molecule has 3 heterocycles. The second-order valence-electron chi connectivity index (χ2n) is 15.9. The number of fused-ring (bicyclic) bond motifs is 2. The minimum absolute atomic E-state index is 0.0116. The van der Waals surface area contributed by atoms with E-state index >= 15 is 0 Å². The van der Waals surface area contributed by atoms with E-state index in [-0.39, 0.29) is 17.2 Å². The highest BCUT2D eigenvalue weighted by Gasteiger charge is 2.38. The average molecular weight is 789 g/mol. The van der Waals surface area contributed by atoms with Gasteiger partial charge in [0.05, 0.1) is 42.4 Å². The predicted octanol–water partition coefficient (Wildman–Crippen LogP) is 9.97. The Kier molecular flexibility index (Phi) is 14.4. The molecule has 10 nitrogen and oxygen atoms in total. The number of nitrogens with two attached hydrogens (primary N) is 1. The number of hydrogen-bond acceptors (Lipinski definition) is 10. The second kappa shape index (κ2) is 19.6. The van der Waals surface area contributed by atoms with Gasteiger partial charge in [0.25, 0.3) is 0 Å². The third-order valence-electron chi connectivity index (χ3n) is 12.5. The molecule has 6 rings (SSSR count). The summed E-state index contributed by atoms with van der Waals surface area (Å²) >= 11 is 0. The van der Waals surface area contributed by atoms with Crippen LogP contribution in [0.5, 0.6) is 23.0 Å². The van der Waals surface area contributed by atoms with Crippen LogP contribution in [0.15, 0.2) is 73.1 Å². The maximum atomic E-state index is 13.2. The van der Waals surface area contributed by atoms with Crippen LogP contribution in [-0.4, -0.2) is 66.8 Å². The fraction of sp³-hybridized carbons (Fsp3) is 0.458. The molecule has 2 N–H and O–H groups in total. The zero-order valence-electron chi connectivity index (χ0n) is 35.1. The molecule has 1 aliphatic rings. The summed E-state index contributed by atoms with van der Waals surface area (Å²) in [6.07, 6.45) is 9.45. The monoisotopic (exact) mass is 788 g/mol. The maximum Gasteiger partial charge on any atom is 0.154 e. The molecule has 0 bridgehead atoms. The Balaban J connectivity index is 1.44. The minimum Gasteiger partial charge on any atom is -0.497 e. The smallest absolute Gasteiger partial charge is 0.154 e. The van der Waals surface area contributed by atoms with Gasteiger partial charge >= 0.3 is 0 Å². The van der Waals surface area contributed by atoms with E-state index in [0.717, 1.165) is 71.6 Å². The number of ether oxygens (including phenoxy) is 4. The molecule has 0 spiro atoms. The summed E-state index contributed by atoms with van der Waals surface area (Å²) in [5, 5.41) is 1.81. The molecule has 5 aromatic rings. The number of aldehydes is 2. The number of carbonyl (C=O) groups excluding carboxylic acids is 2. The zero-order chi connectivity index (χ0) is 41.3. The summed E-state index contributed by atoms with van der Waals surface area (Å²) in [7, 11) is 3.29. The van der Waals surface area contributed by atoms with Gasteiger partial charge in [-0.3, -0.25) is 24.5 Å². The first-order valence-corrected chi connectivity index (χ1v) is 20.9. The van der Waals surface area contributed by atoms with Crippen LogP contribution in [0.2, 0.25) is 0 Å². The number of hydrogen-bond donors (Lipinski definition) is 1. The van der Waals surface area contributed by atoms with Gasteiger partial charge in [0, 0.05) is 40.3 Å². The summed E-state index contributed by atoms with van der Waals surface area (Å²) < 4.78 is 25.2. The Morgan fingerprint density at radius 3 is 1.90 bits per heavy atom. The van der Waals surface area contributed by atoms with E-state index in [1.807, 2.05) is 48.5 Å². The molecular weight excluding hydrogens is 729 g/mol. The highest BCUT2D eigenvalue weighted by Crippen LogP contribution is 2.42. The number of rotatable bonds is 20. The van der Waals surface area contributed by atoms with Crippen LogP contribution >= 0.6 is 0 Å². The predicted molar refractivity (Wildman–Crippen MR) is 230 cm³/mol. The molecule has 0 amide bonds. The molecule has 58 heavy (non-hydrogen) atoms. The van der Waals surface area contributed by atoms with Crippen LogP contribution in [0, 0.1) is 17.8 Å². The molecule has 0 saturated carbocycles. The molecule has 308 valence electrons. The summed E-state index contributed by atoms with van der Waals surface area (Å²) in [6, 6.07) is 19.5. The molecule has 6 atom stereocenters. The van der Waals surface area contributed by atoms with Crippen LogP contribution in [0.1, 0.15) is 117 Å². The van der Waals surface area contributed by atoms with Crippen LogP contribution in [0.25, 0.3) is 21.8 Å². The Bertz CT molecular complexity index is 2170. The van der Waals surface area contributed by atoms with Crippen LogP contribution in [0.3, 0.4) is 0 Å². The lowest BCUT2D eigenvalue weighted by atomic mass is 9.78. The van der Waals surface area contributed by atoms with Crippen molar-refractivity contribution in [2.75, 3.05) is 27.3 Å². The van der Waals surface area contributed by atoms with Crippen LogP contribution in [-0.2, 0) is 0 Å². The van der Waals surface area contributed by atoms with E-state index in [4.69, 9.17) is 24.7 Å². The Morgan fingerprint density at radius 2 is 1.36 bits per heavy atom. The highest BCUT2D eigenvalue weighted by atomic mass is 16.5. The SMILES string of the molecule is CCC(CN)C(CCC(Oc1ccc(O[C@H](c2ccnc3ccc(OC)cc23)[C@@H]2CCCN2C(C)CC)c(C=O)c1C=O)c1ccnc2ccc(OC)cc12)C(C)C. The number of aromatic nitrogens is 2. The van der Waals surface area contributed by atoms with Crippen molar-refractivity contribution in [2.24, 2.45) is 23.5 Å².